The van der Waals surface area contributed by atoms with Gasteiger partial charge in [0, 0.05) is 12.1 Å². The molecule has 1 aromatic rings. The van der Waals surface area contributed by atoms with E-state index < -0.39 is 0 Å². The van der Waals surface area contributed by atoms with Gasteiger partial charge in [-0.05, 0) is 25.0 Å². The van der Waals surface area contributed by atoms with Crippen LogP contribution in [0.25, 0.3) is 0 Å². The highest BCUT2D eigenvalue weighted by atomic mass is 16.5. The van der Waals surface area contributed by atoms with E-state index in [2.05, 4.69) is 10.6 Å². The largest absolute Gasteiger partial charge is 0.497 e. The molecule has 104 valence electrons. The van der Waals surface area contributed by atoms with Crippen LogP contribution in [0.5, 0.6) is 11.5 Å². The molecule has 5 heteroatoms. The third-order valence-electron chi connectivity index (χ3n) is 3.35. The summed E-state index contributed by atoms with van der Waals surface area (Å²) in [5.41, 5.74) is 0.609. The number of rotatable bonds is 4. The van der Waals surface area contributed by atoms with Crippen LogP contribution in [0, 0.1) is 0 Å². The van der Waals surface area contributed by atoms with Crippen LogP contribution in [0.1, 0.15) is 25.7 Å². The molecule has 2 amide bonds. The number of hydrogen-bond donors (Lipinski definition) is 2. The zero-order chi connectivity index (χ0) is 13.7. The lowest BCUT2D eigenvalue weighted by Gasteiger charge is -2.15. The summed E-state index contributed by atoms with van der Waals surface area (Å²) in [5.74, 6) is 1.29. The van der Waals surface area contributed by atoms with Gasteiger partial charge in [0.2, 0.25) is 0 Å². The summed E-state index contributed by atoms with van der Waals surface area (Å²) >= 11 is 0. The molecule has 1 aliphatic rings. The number of amides is 2. The van der Waals surface area contributed by atoms with E-state index in [0.29, 0.717) is 17.2 Å². The molecule has 2 rings (SSSR count). The Hall–Kier alpha value is -1.91. The molecule has 1 aromatic carbocycles. The first-order chi connectivity index (χ1) is 9.22. The predicted octanol–water partition coefficient (Wildman–Crippen LogP) is 2.77. The van der Waals surface area contributed by atoms with E-state index in [1.54, 1.807) is 32.4 Å². The molecule has 5 nitrogen and oxygen atoms in total. The maximum Gasteiger partial charge on any atom is 0.319 e. The molecule has 0 bridgehead atoms. The topological polar surface area (TPSA) is 59.6 Å². The lowest BCUT2D eigenvalue weighted by atomic mass is 10.2. The van der Waals surface area contributed by atoms with E-state index >= 15 is 0 Å². The Morgan fingerprint density at radius 2 is 1.95 bits per heavy atom. The maximum absolute atomic E-state index is 11.9. The van der Waals surface area contributed by atoms with E-state index in [4.69, 9.17) is 9.47 Å². The maximum atomic E-state index is 11.9. The molecule has 0 aromatic heterocycles. The second-order valence-electron chi connectivity index (χ2n) is 4.65. The lowest BCUT2D eigenvalue weighted by Crippen LogP contribution is -2.36. The Kier molecular flexibility index (Phi) is 4.49. The number of urea groups is 1. The summed E-state index contributed by atoms with van der Waals surface area (Å²) in [5, 5.41) is 5.78. The van der Waals surface area contributed by atoms with Gasteiger partial charge in [-0.3, -0.25) is 0 Å². The zero-order valence-corrected chi connectivity index (χ0v) is 11.4. The van der Waals surface area contributed by atoms with Gasteiger partial charge in [0.25, 0.3) is 0 Å². The average molecular weight is 264 g/mol. The zero-order valence-electron chi connectivity index (χ0n) is 11.4. The van der Waals surface area contributed by atoms with Gasteiger partial charge in [-0.1, -0.05) is 12.8 Å². The van der Waals surface area contributed by atoms with Crippen LogP contribution < -0.4 is 20.1 Å². The van der Waals surface area contributed by atoms with Gasteiger partial charge in [-0.25, -0.2) is 4.79 Å². The number of benzene rings is 1. The Labute approximate surface area is 113 Å². The molecule has 2 N–H and O–H groups in total. The van der Waals surface area contributed by atoms with E-state index in [9.17, 15) is 4.79 Å². The van der Waals surface area contributed by atoms with E-state index in [1.165, 1.54) is 12.8 Å². The minimum absolute atomic E-state index is 0.196. The van der Waals surface area contributed by atoms with Crippen molar-refractivity contribution in [3.05, 3.63) is 18.2 Å². The number of nitrogens with one attached hydrogen (secondary N) is 2. The average Bonchev–Trinajstić information content (AvgIpc) is 2.91. The van der Waals surface area contributed by atoms with E-state index in [-0.39, 0.29) is 12.1 Å². The normalized spacial score (nSPS) is 15.1. The van der Waals surface area contributed by atoms with Gasteiger partial charge in [0.15, 0.2) is 0 Å². The van der Waals surface area contributed by atoms with Crippen molar-refractivity contribution in [3.8, 4) is 11.5 Å². The van der Waals surface area contributed by atoms with E-state index in [1.807, 2.05) is 0 Å². The highest BCUT2D eigenvalue weighted by Gasteiger charge is 2.17. The second kappa shape index (κ2) is 6.31. The smallest absolute Gasteiger partial charge is 0.319 e. The van der Waals surface area contributed by atoms with Crippen LogP contribution >= 0.6 is 0 Å². The molecular weight excluding hydrogens is 244 g/mol. The van der Waals surface area contributed by atoms with Crippen LogP contribution in [0.15, 0.2) is 18.2 Å². The minimum atomic E-state index is -0.196. The quantitative estimate of drug-likeness (QED) is 0.879. The highest BCUT2D eigenvalue weighted by molar-refractivity contribution is 5.91. The van der Waals surface area contributed by atoms with Crippen molar-refractivity contribution in [2.75, 3.05) is 19.5 Å². The third-order valence-corrected chi connectivity index (χ3v) is 3.35. The molecule has 0 radical (unpaired) electrons. The monoisotopic (exact) mass is 264 g/mol. The van der Waals surface area contributed by atoms with Crippen molar-refractivity contribution in [2.45, 2.75) is 31.7 Å². The molecule has 0 aliphatic heterocycles. The molecule has 0 atom stereocenters. The fraction of sp³-hybridized carbons (Fsp3) is 0.500. The van der Waals surface area contributed by atoms with Crippen molar-refractivity contribution in [1.82, 2.24) is 5.32 Å². The Balaban J connectivity index is 2.01. The number of anilines is 1. The van der Waals surface area contributed by atoms with E-state index in [0.717, 1.165) is 12.8 Å². The molecule has 0 heterocycles. The summed E-state index contributed by atoms with van der Waals surface area (Å²) < 4.78 is 10.4. The lowest BCUT2D eigenvalue weighted by molar-refractivity contribution is 0.248. The Bertz CT molecular complexity index is 442. The summed E-state index contributed by atoms with van der Waals surface area (Å²) in [6.45, 7) is 0. The summed E-state index contributed by atoms with van der Waals surface area (Å²) in [6.07, 6.45) is 4.49. The number of ether oxygens (including phenoxy) is 2. The van der Waals surface area contributed by atoms with Gasteiger partial charge < -0.3 is 20.1 Å². The first-order valence-corrected chi connectivity index (χ1v) is 6.52. The highest BCUT2D eigenvalue weighted by Crippen LogP contribution is 2.29. The summed E-state index contributed by atoms with van der Waals surface area (Å²) in [7, 11) is 3.16. The standard InChI is InChI=1S/C14H20N2O3/c1-18-11-7-8-13(19-2)12(9-11)16-14(17)15-10-5-3-4-6-10/h7-10H,3-6H2,1-2H3,(H2,15,16,17). The van der Waals surface area contributed by atoms with Crippen molar-refractivity contribution < 1.29 is 14.3 Å². The summed E-state index contributed by atoms with van der Waals surface area (Å²) in [6, 6.07) is 5.39. The predicted molar refractivity (Wildman–Crippen MR) is 74.0 cm³/mol. The molecule has 0 saturated heterocycles. The number of hydrogen-bond acceptors (Lipinski definition) is 3. The van der Waals surface area contributed by atoms with Crippen LogP contribution in [0.2, 0.25) is 0 Å². The van der Waals surface area contributed by atoms with Crippen LogP contribution in [0.4, 0.5) is 10.5 Å². The first kappa shape index (κ1) is 13.5. The van der Waals surface area contributed by atoms with Gasteiger partial charge >= 0.3 is 6.03 Å². The minimum Gasteiger partial charge on any atom is -0.497 e. The Morgan fingerprint density at radius 1 is 1.21 bits per heavy atom. The molecule has 19 heavy (non-hydrogen) atoms. The number of carbonyl (C=O) groups excluding carboxylic acids is 1. The van der Waals surface area contributed by atoms with Gasteiger partial charge in [-0.2, -0.15) is 0 Å². The number of methoxy groups -OCH3 is 2. The molecular formula is C14H20N2O3. The molecule has 1 saturated carbocycles. The van der Waals surface area contributed by atoms with Crippen LogP contribution in [-0.4, -0.2) is 26.3 Å². The summed E-state index contributed by atoms with van der Waals surface area (Å²) in [4.78, 5) is 11.9. The number of carbonyl (C=O) groups is 1. The third kappa shape index (κ3) is 3.53. The molecule has 0 unspecified atom stereocenters. The Morgan fingerprint density at radius 3 is 2.58 bits per heavy atom. The SMILES string of the molecule is COc1ccc(OC)c(NC(=O)NC2CCCC2)c1. The fourth-order valence-corrected chi connectivity index (χ4v) is 2.33. The molecule has 0 spiro atoms. The first-order valence-electron chi connectivity index (χ1n) is 6.52. The fourth-order valence-electron chi connectivity index (χ4n) is 2.33. The van der Waals surface area contributed by atoms with Crippen molar-refractivity contribution in [2.24, 2.45) is 0 Å². The second-order valence-corrected chi connectivity index (χ2v) is 4.65. The van der Waals surface area contributed by atoms with Crippen molar-refractivity contribution >= 4 is 11.7 Å². The van der Waals surface area contributed by atoms with Gasteiger partial charge in [0.05, 0.1) is 19.9 Å². The van der Waals surface area contributed by atoms with Crippen LogP contribution in [0.3, 0.4) is 0 Å². The molecule has 1 fully saturated rings. The van der Waals surface area contributed by atoms with Gasteiger partial charge in [0.1, 0.15) is 11.5 Å². The van der Waals surface area contributed by atoms with Crippen molar-refractivity contribution in [1.29, 1.82) is 0 Å². The van der Waals surface area contributed by atoms with Crippen molar-refractivity contribution in [3.63, 3.8) is 0 Å². The van der Waals surface area contributed by atoms with Gasteiger partial charge in [-0.15, -0.1) is 0 Å². The molecule has 1 aliphatic carbocycles. The van der Waals surface area contributed by atoms with Crippen LogP contribution in [-0.2, 0) is 0 Å².